The SMILES string of the molecule is Cn1nc(N2CCC(=O)NC2=O)c2ccc(C3CCN(Cc4ccnc(S(=O)(=O)N5CCC(Nc6ncc(C(F)(F)F)cn6)CC5)c4)CC3)cc21. The number of aromatic nitrogens is 5. The van der Waals surface area contributed by atoms with Crippen LogP contribution >= 0.6 is 0 Å². The molecule has 18 heteroatoms. The molecule has 3 saturated heterocycles. The van der Waals surface area contributed by atoms with Gasteiger partial charge in [-0.15, -0.1) is 0 Å². The van der Waals surface area contributed by atoms with Crippen LogP contribution in [-0.4, -0.2) is 93.1 Å². The molecule has 4 aromatic rings. The average molecular weight is 727 g/mol. The van der Waals surface area contributed by atoms with E-state index >= 15 is 0 Å². The fraction of sp³-hybridized carbons (Fsp3) is 0.455. The summed E-state index contributed by atoms with van der Waals surface area (Å²) >= 11 is 0. The molecular formula is C33H37F3N10O4S. The lowest BCUT2D eigenvalue weighted by Crippen LogP contribution is -2.49. The van der Waals surface area contributed by atoms with Gasteiger partial charge in [0, 0.05) is 69.7 Å². The predicted octanol–water partition coefficient (Wildman–Crippen LogP) is 3.87. The Morgan fingerprint density at radius 3 is 2.35 bits per heavy atom. The van der Waals surface area contributed by atoms with E-state index in [0.29, 0.717) is 31.1 Å². The van der Waals surface area contributed by atoms with Gasteiger partial charge in [-0.1, -0.05) is 6.07 Å². The van der Waals surface area contributed by atoms with Gasteiger partial charge in [-0.3, -0.25) is 24.6 Å². The number of anilines is 2. The zero-order chi connectivity index (χ0) is 35.9. The summed E-state index contributed by atoms with van der Waals surface area (Å²) in [5.41, 5.74) is 2.02. The summed E-state index contributed by atoms with van der Waals surface area (Å²) in [6.07, 6.45) is 1.38. The fourth-order valence-electron chi connectivity index (χ4n) is 6.95. The highest BCUT2D eigenvalue weighted by atomic mass is 32.2. The molecule has 3 fully saturated rings. The Balaban J connectivity index is 0.930. The number of hydrogen-bond donors (Lipinski definition) is 2. The number of benzene rings is 1. The number of nitrogens with one attached hydrogen (secondary N) is 2. The molecule has 14 nitrogen and oxygen atoms in total. The first-order chi connectivity index (χ1) is 24.3. The Bertz CT molecular complexity index is 2040. The third-order valence-corrected chi connectivity index (χ3v) is 11.6. The van der Waals surface area contributed by atoms with Gasteiger partial charge >= 0.3 is 12.2 Å². The lowest BCUT2D eigenvalue weighted by molar-refractivity contribution is -0.138. The standard InChI is InChI=1S/C33H37F3N10O4S/c1-43-27-17-23(2-3-26(27)30(42-43)46-15-9-28(47)41-32(46)48)22-5-11-44(12-6-22)20-21-4-10-37-29(16-21)51(49,50)45-13-7-25(8-14-45)40-31-38-18-24(19-39-31)33(34,35)36/h2-4,10,16-19,22,25H,5-9,11-15,20H2,1H3,(H,38,39,40)(H,41,47,48). The third-order valence-electron chi connectivity index (χ3n) is 9.80. The molecule has 0 atom stereocenters. The number of pyridine rings is 1. The molecular weight excluding hydrogens is 689 g/mol. The van der Waals surface area contributed by atoms with Crippen LogP contribution in [0.4, 0.5) is 29.7 Å². The molecule has 0 spiro atoms. The molecule has 3 aromatic heterocycles. The summed E-state index contributed by atoms with van der Waals surface area (Å²) in [5.74, 6) is 0.639. The normalized spacial score (nSPS) is 19.1. The number of amides is 3. The maximum atomic E-state index is 13.5. The van der Waals surface area contributed by atoms with Crippen molar-refractivity contribution in [1.29, 1.82) is 0 Å². The largest absolute Gasteiger partial charge is 0.419 e. The first-order valence-electron chi connectivity index (χ1n) is 16.8. The number of imide groups is 1. The van der Waals surface area contributed by atoms with Crippen molar-refractivity contribution in [3.05, 3.63) is 65.6 Å². The van der Waals surface area contributed by atoms with Crippen molar-refractivity contribution in [1.82, 2.24) is 39.3 Å². The topological polar surface area (TPSA) is 159 Å². The number of urea groups is 1. The Hall–Kier alpha value is -4.68. The number of piperidine rings is 2. The van der Waals surface area contributed by atoms with Crippen LogP contribution in [0, 0.1) is 0 Å². The van der Waals surface area contributed by atoms with E-state index in [1.807, 2.05) is 19.2 Å². The number of sulfonamides is 1. The molecule has 0 aliphatic carbocycles. The quantitative estimate of drug-likeness (QED) is 0.273. The maximum absolute atomic E-state index is 13.5. The van der Waals surface area contributed by atoms with Gasteiger partial charge in [-0.25, -0.2) is 28.2 Å². The molecule has 0 radical (unpaired) electrons. The van der Waals surface area contributed by atoms with E-state index in [1.54, 1.807) is 10.7 Å². The first-order valence-corrected chi connectivity index (χ1v) is 18.2. The highest BCUT2D eigenvalue weighted by Crippen LogP contribution is 2.34. The number of carbonyl (C=O) groups excluding carboxylic acids is 2. The van der Waals surface area contributed by atoms with Gasteiger partial charge < -0.3 is 5.32 Å². The number of alkyl halides is 3. The van der Waals surface area contributed by atoms with Crippen LogP contribution in [0.5, 0.6) is 0 Å². The molecule has 6 heterocycles. The molecule has 1 aromatic carbocycles. The number of likely N-dealkylation sites (tertiary alicyclic amines) is 1. The molecule has 3 aliphatic heterocycles. The smallest absolute Gasteiger partial charge is 0.351 e. The lowest BCUT2D eigenvalue weighted by Gasteiger charge is -2.32. The molecule has 3 aliphatic rings. The molecule has 270 valence electrons. The van der Waals surface area contributed by atoms with Crippen LogP contribution in [0.25, 0.3) is 10.9 Å². The van der Waals surface area contributed by atoms with Crippen LogP contribution in [0.3, 0.4) is 0 Å². The summed E-state index contributed by atoms with van der Waals surface area (Å²) in [7, 11) is -2.01. The van der Waals surface area contributed by atoms with Gasteiger partial charge in [-0.05, 0) is 80.1 Å². The highest BCUT2D eigenvalue weighted by molar-refractivity contribution is 7.89. The summed E-state index contributed by atoms with van der Waals surface area (Å²) in [6, 6.07) is 9.02. The fourth-order valence-corrected chi connectivity index (χ4v) is 8.40. The molecule has 7 rings (SSSR count). The molecule has 2 N–H and O–H groups in total. The third kappa shape index (κ3) is 7.38. The number of fused-ring (bicyclic) bond motifs is 1. The predicted molar refractivity (Wildman–Crippen MR) is 180 cm³/mol. The highest BCUT2D eigenvalue weighted by Gasteiger charge is 2.33. The Labute approximate surface area is 292 Å². The summed E-state index contributed by atoms with van der Waals surface area (Å²) in [6.45, 7) is 2.97. The lowest BCUT2D eigenvalue weighted by atomic mass is 9.89. The van der Waals surface area contributed by atoms with E-state index in [2.05, 4.69) is 47.7 Å². The second-order valence-corrected chi connectivity index (χ2v) is 15.0. The maximum Gasteiger partial charge on any atom is 0.419 e. The van der Waals surface area contributed by atoms with Crippen molar-refractivity contribution in [2.75, 3.05) is 42.9 Å². The molecule has 0 saturated carbocycles. The minimum Gasteiger partial charge on any atom is -0.351 e. The Morgan fingerprint density at radius 1 is 0.941 bits per heavy atom. The zero-order valence-corrected chi connectivity index (χ0v) is 28.6. The molecule has 0 unspecified atom stereocenters. The van der Waals surface area contributed by atoms with Crippen LogP contribution in [-0.2, 0) is 34.6 Å². The van der Waals surface area contributed by atoms with Crippen molar-refractivity contribution in [3.8, 4) is 0 Å². The van der Waals surface area contributed by atoms with Crippen molar-refractivity contribution in [3.63, 3.8) is 0 Å². The van der Waals surface area contributed by atoms with E-state index in [-0.39, 0.29) is 49.0 Å². The number of carbonyl (C=O) groups is 2. The number of hydrogen-bond acceptors (Lipinski definition) is 10. The van der Waals surface area contributed by atoms with Crippen LogP contribution < -0.4 is 15.5 Å². The molecule has 51 heavy (non-hydrogen) atoms. The summed E-state index contributed by atoms with van der Waals surface area (Å²) in [4.78, 5) is 39.6. The second-order valence-electron chi connectivity index (χ2n) is 13.1. The van der Waals surface area contributed by atoms with E-state index < -0.39 is 27.8 Å². The summed E-state index contributed by atoms with van der Waals surface area (Å²) < 4.78 is 68.6. The van der Waals surface area contributed by atoms with E-state index in [1.165, 1.54) is 21.0 Å². The number of nitrogens with zero attached hydrogens (tertiary/aromatic N) is 8. The average Bonchev–Trinajstić information content (AvgIpc) is 3.44. The van der Waals surface area contributed by atoms with E-state index in [4.69, 9.17) is 0 Å². The minimum atomic E-state index is -4.52. The van der Waals surface area contributed by atoms with Gasteiger partial charge in [0.05, 0.1) is 11.1 Å². The zero-order valence-electron chi connectivity index (χ0n) is 27.8. The number of rotatable bonds is 8. The minimum absolute atomic E-state index is 0.00940. The monoisotopic (exact) mass is 726 g/mol. The Kier molecular flexibility index (Phi) is 9.40. The molecule has 3 amide bonds. The second kappa shape index (κ2) is 13.8. The van der Waals surface area contributed by atoms with Gasteiger partial charge in [0.1, 0.15) is 0 Å². The number of aryl methyl sites for hydroxylation is 1. The van der Waals surface area contributed by atoms with Crippen molar-refractivity contribution in [2.24, 2.45) is 7.05 Å². The Morgan fingerprint density at radius 2 is 1.67 bits per heavy atom. The van der Waals surface area contributed by atoms with Crippen molar-refractivity contribution < 1.29 is 31.2 Å². The summed E-state index contributed by atoms with van der Waals surface area (Å²) in [5, 5.41) is 10.8. The van der Waals surface area contributed by atoms with Gasteiger partial charge in [0.2, 0.25) is 11.9 Å². The first kappa shape index (κ1) is 34.8. The van der Waals surface area contributed by atoms with Gasteiger partial charge in [0.15, 0.2) is 10.8 Å². The molecule has 0 bridgehead atoms. The van der Waals surface area contributed by atoms with Crippen molar-refractivity contribution in [2.45, 2.75) is 61.8 Å². The van der Waals surface area contributed by atoms with E-state index in [0.717, 1.165) is 54.8 Å². The van der Waals surface area contributed by atoms with Crippen LogP contribution in [0.1, 0.15) is 54.7 Å². The van der Waals surface area contributed by atoms with Crippen LogP contribution in [0.15, 0.2) is 53.9 Å². The van der Waals surface area contributed by atoms with E-state index in [9.17, 15) is 31.2 Å². The van der Waals surface area contributed by atoms with Gasteiger partial charge in [0.25, 0.3) is 10.0 Å². The van der Waals surface area contributed by atoms with Crippen LogP contribution in [0.2, 0.25) is 0 Å². The number of halogens is 3. The van der Waals surface area contributed by atoms with Gasteiger partial charge in [-0.2, -0.15) is 22.6 Å². The van der Waals surface area contributed by atoms with Crippen molar-refractivity contribution >= 4 is 44.6 Å².